The van der Waals surface area contributed by atoms with Crippen LogP contribution in [0.2, 0.25) is 0 Å². The number of rotatable bonds is 3. The summed E-state index contributed by atoms with van der Waals surface area (Å²) in [5, 5.41) is 7.72. The molecule has 0 aliphatic carbocycles. The molecule has 0 bridgehead atoms. The van der Waals surface area contributed by atoms with E-state index in [1.807, 2.05) is 18.3 Å². The summed E-state index contributed by atoms with van der Waals surface area (Å²) in [6, 6.07) is 3.95. The first-order valence-electron chi connectivity index (χ1n) is 8.68. The molecule has 4 heterocycles. The standard InChI is InChI=1S/C17H24N6.ClH/c1-6-21-23(9-1)17-12-16(19-13-20-17)22-10-4-15(5-11-22)14-2-7-18-8-3-14;/h1,6,9,12-15,18H,2-5,7-8,10-11H2;1H. The largest absolute Gasteiger partial charge is 0.356 e. The Labute approximate surface area is 149 Å². The first-order chi connectivity index (χ1) is 11.4. The maximum Gasteiger partial charge on any atom is 0.158 e. The quantitative estimate of drug-likeness (QED) is 0.922. The second kappa shape index (κ2) is 7.94. The summed E-state index contributed by atoms with van der Waals surface area (Å²) in [6.45, 7) is 4.60. The van der Waals surface area contributed by atoms with Crippen LogP contribution in [0.5, 0.6) is 0 Å². The molecule has 2 aromatic heterocycles. The van der Waals surface area contributed by atoms with Crippen molar-refractivity contribution in [3.8, 4) is 5.82 Å². The van der Waals surface area contributed by atoms with Crippen LogP contribution in [0.1, 0.15) is 25.7 Å². The minimum absolute atomic E-state index is 0. The predicted molar refractivity (Wildman–Crippen MR) is 96.9 cm³/mol. The Morgan fingerprint density at radius 1 is 0.958 bits per heavy atom. The van der Waals surface area contributed by atoms with Crippen LogP contribution in [-0.4, -0.2) is 45.9 Å². The van der Waals surface area contributed by atoms with E-state index in [2.05, 4.69) is 25.3 Å². The highest BCUT2D eigenvalue weighted by atomic mass is 35.5. The van der Waals surface area contributed by atoms with Crippen molar-refractivity contribution in [1.29, 1.82) is 0 Å². The van der Waals surface area contributed by atoms with Crippen molar-refractivity contribution in [2.75, 3.05) is 31.1 Å². The number of hydrogen-bond donors (Lipinski definition) is 1. The van der Waals surface area contributed by atoms with E-state index in [1.54, 1.807) is 17.2 Å². The number of anilines is 1. The molecule has 0 spiro atoms. The normalized spacial score (nSPS) is 19.9. The Kier molecular flexibility index (Phi) is 5.68. The van der Waals surface area contributed by atoms with Gasteiger partial charge in [0.2, 0.25) is 0 Å². The summed E-state index contributed by atoms with van der Waals surface area (Å²) >= 11 is 0. The van der Waals surface area contributed by atoms with Crippen molar-refractivity contribution in [1.82, 2.24) is 25.1 Å². The van der Waals surface area contributed by atoms with Gasteiger partial charge in [0.15, 0.2) is 5.82 Å². The molecule has 6 nitrogen and oxygen atoms in total. The van der Waals surface area contributed by atoms with Crippen molar-refractivity contribution >= 4 is 18.2 Å². The zero-order valence-corrected chi connectivity index (χ0v) is 14.7. The zero-order valence-electron chi connectivity index (χ0n) is 13.8. The molecule has 2 aliphatic heterocycles. The molecule has 4 rings (SSSR count). The van der Waals surface area contributed by atoms with E-state index >= 15 is 0 Å². The Balaban J connectivity index is 0.00000169. The lowest BCUT2D eigenvalue weighted by atomic mass is 9.79. The lowest BCUT2D eigenvalue weighted by Crippen LogP contribution is -2.39. The van der Waals surface area contributed by atoms with Gasteiger partial charge in [-0.3, -0.25) is 0 Å². The van der Waals surface area contributed by atoms with Crippen molar-refractivity contribution < 1.29 is 0 Å². The molecule has 1 N–H and O–H groups in total. The Hall–Kier alpha value is -1.66. The number of nitrogens with zero attached hydrogens (tertiary/aromatic N) is 5. The Morgan fingerprint density at radius 2 is 1.67 bits per heavy atom. The maximum absolute atomic E-state index is 4.47. The molecule has 0 amide bonds. The monoisotopic (exact) mass is 348 g/mol. The third-order valence-corrected chi connectivity index (χ3v) is 5.29. The molecular weight excluding hydrogens is 324 g/mol. The molecule has 0 radical (unpaired) electrons. The highest BCUT2D eigenvalue weighted by molar-refractivity contribution is 5.85. The van der Waals surface area contributed by atoms with Gasteiger partial charge in [0.25, 0.3) is 0 Å². The van der Waals surface area contributed by atoms with E-state index in [0.29, 0.717) is 0 Å². The van der Waals surface area contributed by atoms with Crippen LogP contribution < -0.4 is 10.2 Å². The minimum atomic E-state index is 0. The third kappa shape index (κ3) is 3.70. The number of halogens is 1. The van der Waals surface area contributed by atoms with Crippen LogP contribution in [0.15, 0.2) is 30.9 Å². The summed E-state index contributed by atoms with van der Waals surface area (Å²) in [7, 11) is 0. The highest BCUT2D eigenvalue weighted by Crippen LogP contribution is 2.32. The second-order valence-electron chi connectivity index (χ2n) is 6.60. The summed E-state index contributed by atoms with van der Waals surface area (Å²) in [6.07, 6.45) is 10.6. The van der Waals surface area contributed by atoms with E-state index in [0.717, 1.165) is 36.6 Å². The maximum atomic E-state index is 4.47. The molecule has 2 fully saturated rings. The van der Waals surface area contributed by atoms with E-state index < -0.39 is 0 Å². The molecule has 7 heteroatoms. The smallest absolute Gasteiger partial charge is 0.158 e. The van der Waals surface area contributed by atoms with Crippen molar-refractivity contribution in [3.05, 3.63) is 30.9 Å². The minimum Gasteiger partial charge on any atom is -0.356 e. The molecule has 2 saturated heterocycles. The van der Waals surface area contributed by atoms with E-state index in [-0.39, 0.29) is 12.4 Å². The van der Waals surface area contributed by atoms with Gasteiger partial charge >= 0.3 is 0 Å². The topological polar surface area (TPSA) is 58.9 Å². The summed E-state index contributed by atoms with van der Waals surface area (Å²) < 4.78 is 1.78. The third-order valence-electron chi connectivity index (χ3n) is 5.29. The fraction of sp³-hybridized carbons (Fsp3) is 0.588. The van der Waals surface area contributed by atoms with Gasteiger partial charge in [0.1, 0.15) is 12.1 Å². The van der Waals surface area contributed by atoms with Gasteiger partial charge in [0, 0.05) is 31.5 Å². The van der Waals surface area contributed by atoms with Gasteiger partial charge in [-0.2, -0.15) is 5.10 Å². The fourth-order valence-corrected chi connectivity index (χ4v) is 3.96. The zero-order chi connectivity index (χ0) is 15.5. The summed E-state index contributed by atoms with van der Waals surface area (Å²) in [5.41, 5.74) is 0. The van der Waals surface area contributed by atoms with E-state index in [4.69, 9.17) is 0 Å². The molecule has 0 atom stereocenters. The second-order valence-corrected chi connectivity index (χ2v) is 6.60. The Morgan fingerprint density at radius 3 is 2.38 bits per heavy atom. The van der Waals surface area contributed by atoms with E-state index in [9.17, 15) is 0 Å². The fourth-order valence-electron chi connectivity index (χ4n) is 3.96. The van der Waals surface area contributed by atoms with Gasteiger partial charge in [0.05, 0.1) is 0 Å². The molecule has 0 aromatic carbocycles. The van der Waals surface area contributed by atoms with Gasteiger partial charge in [-0.15, -0.1) is 12.4 Å². The van der Waals surface area contributed by atoms with Crippen LogP contribution >= 0.6 is 12.4 Å². The van der Waals surface area contributed by atoms with Crippen molar-refractivity contribution in [2.24, 2.45) is 11.8 Å². The lowest BCUT2D eigenvalue weighted by Gasteiger charge is -2.38. The van der Waals surface area contributed by atoms with Gasteiger partial charge in [-0.1, -0.05) is 0 Å². The van der Waals surface area contributed by atoms with E-state index in [1.165, 1.54) is 38.8 Å². The number of nitrogens with one attached hydrogen (secondary N) is 1. The highest BCUT2D eigenvalue weighted by Gasteiger charge is 2.28. The first-order valence-corrected chi connectivity index (χ1v) is 8.68. The van der Waals surface area contributed by atoms with Crippen molar-refractivity contribution in [3.63, 3.8) is 0 Å². The van der Waals surface area contributed by atoms with Gasteiger partial charge in [-0.05, 0) is 56.7 Å². The molecule has 2 aromatic rings. The van der Waals surface area contributed by atoms with Gasteiger partial charge in [-0.25, -0.2) is 14.6 Å². The molecule has 0 unspecified atom stereocenters. The van der Waals surface area contributed by atoms with Crippen LogP contribution in [-0.2, 0) is 0 Å². The first kappa shape index (κ1) is 17.2. The number of piperidine rings is 2. The molecule has 24 heavy (non-hydrogen) atoms. The summed E-state index contributed by atoms with van der Waals surface area (Å²) in [4.78, 5) is 11.2. The molecule has 130 valence electrons. The van der Waals surface area contributed by atoms with Crippen LogP contribution in [0.3, 0.4) is 0 Å². The van der Waals surface area contributed by atoms with Crippen LogP contribution in [0.4, 0.5) is 5.82 Å². The van der Waals surface area contributed by atoms with Crippen molar-refractivity contribution in [2.45, 2.75) is 25.7 Å². The number of hydrogen-bond acceptors (Lipinski definition) is 5. The SMILES string of the molecule is Cl.c1cnn(-c2cc(N3CCC(C4CCNCC4)CC3)ncn2)c1. The molecule has 0 saturated carbocycles. The molecular formula is C17H25ClN6. The average molecular weight is 349 g/mol. The van der Waals surface area contributed by atoms with Crippen LogP contribution in [0, 0.1) is 11.8 Å². The van der Waals surface area contributed by atoms with Gasteiger partial charge < -0.3 is 10.2 Å². The van der Waals surface area contributed by atoms with Crippen LogP contribution in [0.25, 0.3) is 5.82 Å². The summed E-state index contributed by atoms with van der Waals surface area (Å²) in [5.74, 6) is 3.67. The lowest BCUT2D eigenvalue weighted by molar-refractivity contribution is 0.221. The number of aromatic nitrogens is 4. The predicted octanol–water partition coefficient (Wildman–Crippen LogP) is 2.30. The average Bonchev–Trinajstić information content (AvgIpc) is 3.18. The Bertz CT molecular complexity index is 618. The molecule has 2 aliphatic rings.